The number of aromatic nitrogens is 1. The molecule has 10 heteroatoms. The summed E-state index contributed by atoms with van der Waals surface area (Å²) in [6.07, 6.45) is 1.04. The Kier molecular flexibility index (Phi) is 4.48. The second-order valence-electron chi connectivity index (χ2n) is 3.90. The van der Waals surface area contributed by atoms with E-state index in [0.29, 0.717) is 0 Å². The van der Waals surface area contributed by atoms with Crippen LogP contribution in [0.2, 0.25) is 15.1 Å². The molecule has 1 heterocycles. The molecule has 0 amide bonds. The van der Waals surface area contributed by atoms with E-state index in [1.807, 2.05) is 0 Å². The van der Waals surface area contributed by atoms with Gasteiger partial charge in [0, 0.05) is 6.20 Å². The van der Waals surface area contributed by atoms with Crippen molar-refractivity contribution in [2.24, 2.45) is 0 Å². The first-order chi connectivity index (χ1) is 9.70. The van der Waals surface area contributed by atoms with Gasteiger partial charge >= 0.3 is 0 Å². The van der Waals surface area contributed by atoms with Crippen molar-refractivity contribution in [3.63, 3.8) is 0 Å². The number of pyridine rings is 1. The van der Waals surface area contributed by atoms with Crippen LogP contribution in [-0.2, 0) is 10.0 Å². The third-order valence-electron chi connectivity index (χ3n) is 2.39. The molecule has 5 nitrogen and oxygen atoms in total. The Bertz CT molecular complexity index is 791. The van der Waals surface area contributed by atoms with Crippen molar-refractivity contribution < 1.29 is 12.8 Å². The van der Waals surface area contributed by atoms with Gasteiger partial charge in [0.05, 0.1) is 20.8 Å². The summed E-state index contributed by atoms with van der Waals surface area (Å²) < 4.78 is 39.8. The van der Waals surface area contributed by atoms with Crippen molar-refractivity contribution >= 4 is 56.3 Å². The van der Waals surface area contributed by atoms with Gasteiger partial charge in [-0.25, -0.2) is 17.8 Å². The maximum atomic E-state index is 13.3. The second-order valence-corrected chi connectivity index (χ2v) is 6.80. The van der Waals surface area contributed by atoms with Crippen LogP contribution in [0.4, 0.5) is 15.9 Å². The Morgan fingerprint density at radius 1 is 1.10 bits per heavy atom. The van der Waals surface area contributed by atoms with Crippen LogP contribution in [0.25, 0.3) is 0 Å². The monoisotopic (exact) mass is 369 g/mol. The highest BCUT2D eigenvalue weighted by Gasteiger charge is 2.18. The molecule has 1 aromatic carbocycles. The highest BCUT2D eigenvalue weighted by Crippen LogP contribution is 2.29. The zero-order chi connectivity index (χ0) is 15.8. The van der Waals surface area contributed by atoms with Gasteiger partial charge in [-0.2, -0.15) is 0 Å². The van der Waals surface area contributed by atoms with Gasteiger partial charge < -0.3 is 5.73 Å². The highest BCUT2D eigenvalue weighted by molar-refractivity contribution is 7.92. The minimum Gasteiger partial charge on any atom is -0.382 e. The number of sulfonamides is 1. The van der Waals surface area contributed by atoms with Crippen molar-refractivity contribution in [1.29, 1.82) is 0 Å². The van der Waals surface area contributed by atoms with Gasteiger partial charge in [0.15, 0.2) is 5.82 Å². The summed E-state index contributed by atoms with van der Waals surface area (Å²) in [6, 6.07) is 3.32. The van der Waals surface area contributed by atoms with Gasteiger partial charge in [-0.15, -0.1) is 0 Å². The van der Waals surface area contributed by atoms with Crippen molar-refractivity contribution in [3.8, 4) is 0 Å². The molecule has 0 saturated heterocycles. The lowest BCUT2D eigenvalue weighted by molar-refractivity contribution is 0.600. The van der Waals surface area contributed by atoms with Gasteiger partial charge in [0.1, 0.15) is 10.7 Å². The number of nitrogen functional groups attached to an aromatic ring is 1. The largest absolute Gasteiger partial charge is 0.382 e. The summed E-state index contributed by atoms with van der Waals surface area (Å²) in [7, 11) is -3.99. The molecule has 112 valence electrons. The van der Waals surface area contributed by atoms with Crippen LogP contribution in [0, 0.1) is 5.82 Å². The topological polar surface area (TPSA) is 85.1 Å². The summed E-state index contributed by atoms with van der Waals surface area (Å²) >= 11 is 16.9. The summed E-state index contributed by atoms with van der Waals surface area (Å²) in [5.74, 6) is -0.832. The van der Waals surface area contributed by atoms with Crippen molar-refractivity contribution in [3.05, 3.63) is 45.3 Å². The fraction of sp³-hybridized carbons (Fsp3) is 0. The van der Waals surface area contributed by atoms with Gasteiger partial charge in [-0.05, 0) is 18.2 Å². The number of halogens is 4. The van der Waals surface area contributed by atoms with Crippen molar-refractivity contribution in [2.45, 2.75) is 4.90 Å². The Morgan fingerprint density at radius 3 is 2.19 bits per heavy atom. The van der Waals surface area contributed by atoms with E-state index in [1.54, 1.807) is 0 Å². The normalized spacial score (nSPS) is 11.4. The van der Waals surface area contributed by atoms with Crippen LogP contribution in [0.15, 0.2) is 29.3 Å². The second kappa shape index (κ2) is 5.84. The van der Waals surface area contributed by atoms with E-state index in [-0.39, 0.29) is 31.5 Å². The van der Waals surface area contributed by atoms with Crippen LogP contribution in [0.1, 0.15) is 0 Å². The molecule has 0 bridgehead atoms. The van der Waals surface area contributed by atoms with E-state index < -0.39 is 15.8 Å². The zero-order valence-corrected chi connectivity index (χ0v) is 13.2. The van der Waals surface area contributed by atoms with Gasteiger partial charge in [-0.3, -0.25) is 4.72 Å². The summed E-state index contributed by atoms with van der Waals surface area (Å²) in [4.78, 5) is 3.44. The van der Waals surface area contributed by atoms with E-state index >= 15 is 0 Å². The Hall–Kier alpha value is -1.28. The maximum Gasteiger partial charge on any atom is 0.263 e. The standard InChI is InChI=1S/C11H7Cl3FN3O2S/c12-7-1-5(2-8(13)10(7)15)18-21(19,20)6-3-9(14)11(16)17-4-6/h1-4,18H,(H2,16,17). The first-order valence-electron chi connectivity index (χ1n) is 5.29. The SMILES string of the molecule is Nc1ncc(S(=O)(=O)Nc2cc(Cl)c(F)c(Cl)c2)cc1Cl. The van der Waals surface area contributed by atoms with Gasteiger partial charge in [-0.1, -0.05) is 34.8 Å². The molecule has 0 radical (unpaired) electrons. The molecule has 0 aliphatic carbocycles. The number of rotatable bonds is 3. The predicted molar refractivity (Wildman–Crippen MR) is 80.9 cm³/mol. The number of nitrogens with one attached hydrogen (secondary N) is 1. The lowest BCUT2D eigenvalue weighted by Gasteiger charge is -2.10. The molecule has 0 saturated carbocycles. The lowest BCUT2D eigenvalue weighted by Crippen LogP contribution is -2.13. The van der Waals surface area contributed by atoms with E-state index in [1.165, 1.54) is 0 Å². The predicted octanol–water partition coefficient (Wildman–Crippen LogP) is 3.56. The third-order valence-corrected chi connectivity index (χ3v) is 4.59. The molecule has 0 spiro atoms. The smallest absolute Gasteiger partial charge is 0.263 e. The summed E-state index contributed by atoms with van der Waals surface area (Å²) in [5, 5.41) is -0.629. The first-order valence-corrected chi connectivity index (χ1v) is 7.91. The molecule has 0 atom stereocenters. The molecule has 0 unspecified atom stereocenters. The van der Waals surface area contributed by atoms with Crippen molar-refractivity contribution in [2.75, 3.05) is 10.5 Å². The third kappa shape index (κ3) is 3.49. The molecule has 0 aliphatic rings. The number of anilines is 2. The molecular weight excluding hydrogens is 364 g/mol. The number of hydrogen-bond acceptors (Lipinski definition) is 4. The average Bonchev–Trinajstić information content (AvgIpc) is 2.38. The number of nitrogens with two attached hydrogens (primary N) is 1. The van der Waals surface area contributed by atoms with E-state index in [9.17, 15) is 12.8 Å². The fourth-order valence-electron chi connectivity index (χ4n) is 1.41. The van der Waals surface area contributed by atoms with E-state index in [0.717, 1.165) is 24.4 Å². The molecule has 2 rings (SSSR count). The van der Waals surface area contributed by atoms with Crippen LogP contribution >= 0.6 is 34.8 Å². The molecule has 2 aromatic rings. The zero-order valence-electron chi connectivity index (χ0n) is 10.1. The summed E-state index contributed by atoms with van der Waals surface area (Å²) in [5.41, 5.74) is 5.41. The Morgan fingerprint density at radius 2 is 1.67 bits per heavy atom. The lowest BCUT2D eigenvalue weighted by atomic mass is 10.3. The Labute approximate surface area is 134 Å². The molecule has 3 N–H and O–H groups in total. The number of hydrogen-bond donors (Lipinski definition) is 2. The van der Waals surface area contributed by atoms with E-state index in [2.05, 4.69) is 9.71 Å². The molecule has 0 fully saturated rings. The molecule has 21 heavy (non-hydrogen) atoms. The maximum absolute atomic E-state index is 13.3. The molecular formula is C11H7Cl3FN3O2S. The minimum absolute atomic E-state index is 0.000604. The Balaban J connectivity index is 2.39. The number of benzene rings is 1. The van der Waals surface area contributed by atoms with Gasteiger partial charge in [0.2, 0.25) is 0 Å². The quantitative estimate of drug-likeness (QED) is 0.809. The van der Waals surface area contributed by atoms with Crippen LogP contribution < -0.4 is 10.5 Å². The fourth-order valence-corrected chi connectivity index (χ4v) is 3.13. The first kappa shape index (κ1) is 16.1. The summed E-state index contributed by atoms with van der Waals surface area (Å²) in [6.45, 7) is 0. The average molecular weight is 371 g/mol. The van der Waals surface area contributed by atoms with Crippen LogP contribution in [0.5, 0.6) is 0 Å². The van der Waals surface area contributed by atoms with Crippen LogP contribution in [0.3, 0.4) is 0 Å². The van der Waals surface area contributed by atoms with Crippen molar-refractivity contribution in [1.82, 2.24) is 4.98 Å². The minimum atomic E-state index is -3.99. The van der Waals surface area contributed by atoms with Crippen LogP contribution in [-0.4, -0.2) is 13.4 Å². The molecule has 0 aliphatic heterocycles. The molecule has 1 aromatic heterocycles. The van der Waals surface area contributed by atoms with Gasteiger partial charge in [0.25, 0.3) is 10.0 Å². The van der Waals surface area contributed by atoms with E-state index in [4.69, 9.17) is 40.5 Å². The number of nitrogens with zero attached hydrogens (tertiary/aromatic N) is 1. The highest BCUT2D eigenvalue weighted by atomic mass is 35.5.